The zero-order valence-corrected chi connectivity index (χ0v) is 9.36. The monoisotopic (exact) mass is 226 g/mol. The average Bonchev–Trinajstić information content (AvgIpc) is 2.58. The van der Waals surface area contributed by atoms with Gasteiger partial charge in [-0.05, 0) is 6.07 Å². The van der Waals surface area contributed by atoms with Gasteiger partial charge in [-0.2, -0.15) is 0 Å². The van der Waals surface area contributed by atoms with Gasteiger partial charge in [0.2, 0.25) is 0 Å². The van der Waals surface area contributed by atoms with Crippen molar-refractivity contribution >= 4 is 34.2 Å². The van der Waals surface area contributed by atoms with E-state index in [1.54, 1.807) is 18.4 Å². The van der Waals surface area contributed by atoms with Crippen LogP contribution in [0.2, 0.25) is 0 Å². The Hall–Kier alpha value is -0.780. The molecule has 0 saturated carbocycles. The third-order valence-corrected chi connectivity index (χ3v) is 3.30. The van der Waals surface area contributed by atoms with Gasteiger partial charge in [0.1, 0.15) is 10.8 Å². The second-order valence-corrected chi connectivity index (χ2v) is 4.40. The Morgan fingerprint density at radius 1 is 1.57 bits per heavy atom. The molecule has 2 N–H and O–H groups in total. The highest BCUT2D eigenvalue weighted by Crippen LogP contribution is 2.31. The summed E-state index contributed by atoms with van der Waals surface area (Å²) in [5.74, 6) is 0.771. The number of thiazole rings is 1. The number of nitrogens with two attached hydrogens (primary N) is 1. The van der Waals surface area contributed by atoms with E-state index in [-0.39, 0.29) is 0 Å². The van der Waals surface area contributed by atoms with Crippen LogP contribution in [0, 0.1) is 0 Å². The van der Waals surface area contributed by atoms with Crippen molar-refractivity contribution in [2.24, 2.45) is 5.73 Å². The van der Waals surface area contributed by atoms with Crippen LogP contribution in [0.1, 0.15) is 5.01 Å². The molecule has 0 aliphatic carbocycles. The summed E-state index contributed by atoms with van der Waals surface area (Å²) in [7, 11) is 1.63. The third-order valence-electron chi connectivity index (χ3n) is 1.91. The Morgan fingerprint density at radius 2 is 2.36 bits per heavy atom. The molecule has 0 spiro atoms. The predicted molar refractivity (Wildman–Crippen MR) is 61.3 cm³/mol. The maximum absolute atomic E-state index is 5.52. The van der Waals surface area contributed by atoms with Gasteiger partial charge in [0, 0.05) is 17.5 Å². The van der Waals surface area contributed by atoms with Gasteiger partial charge >= 0.3 is 0 Å². The van der Waals surface area contributed by atoms with Crippen molar-refractivity contribution in [3.63, 3.8) is 0 Å². The first-order valence-electron chi connectivity index (χ1n) is 4.11. The molecule has 1 aromatic carbocycles. The fraction of sp³-hybridized carbons (Fsp3) is 0.222. The van der Waals surface area contributed by atoms with Crippen LogP contribution >= 0.6 is 24.0 Å². The molecule has 2 aromatic rings. The second kappa shape index (κ2) is 3.76. The van der Waals surface area contributed by atoms with Crippen LogP contribution in [-0.2, 0) is 6.54 Å². The first-order chi connectivity index (χ1) is 6.74. The lowest BCUT2D eigenvalue weighted by Gasteiger charge is -2.01. The molecule has 1 heterocycles. The smallest absolute Gasteiger partial charge is 0.133 e. The largest absolute Gasteiger partial charge is 0.496 e. The number of aromatic nitrogens is 1. The Bertz CT molecular complexity index is 467. The van der Waals surface area contributed by atoms with E-state index in [1.165, 1.54) is 0 Å². The minimum absolute atomic E-state index is 0.476. The van der Waals surface area contributed by atoms with E-state index in [0.717, 1.165) is 25.9 Å². The highest BCUT2D eigenvalue weighted by molar-refractivity contribution is 7.80. The zero-order valence-electron chi connectivity index (χ0n) is 7.65. The molecule has 0 unspecified atom stereocenters. The van der Waals surface area contributed by atoms with Crippen LogP contribution in [0.4, 0.5) is 0 Å². The summed E-state index contributed by atoms with van der Waals surface area (Å²) in [6.07, 6.45) is 0. The lowest BCUT2D eigenvalue weighted by atomic mass is 10.3. The molecule has 0 aliphatic heterocycles. The molecule has 1 aromatic heterocycles. The number of hydrogen-bond donors (Lipinski definition) is 2. The SMILES string of the molecule is COc1cc2sc(CN)nc2cc1S. The lowest BCUT2D eigenvalue weighted by Crippen LogP contribution is -1.93. The predicted octanol–water partition coefficient (Wildman–Crippen LogP) is 2.05. The number of hydrogen-bond acceptors (Lipinski definition) is 5. The highest BCUT2D eigenvalue weighted by atomic mass is 32.1. The van der Waals surface area contributed by atoms with Crippen molar-refractivity contribution in [3.8, 4) is 5.75 Å². The molecule has 0 fully saturated rings. The molecule has 3 nitrogen and oxygen atoms in total. The van der Waals surface area contributed by atoms with Crippen LogP contribution in [-0.4, -0.2) is 12.1 Å². The maximum Gasteiger partial charge on any atom is 0.133 e. The van der Waals surface area contributed by atoms with Crippen LogP contribution in [0.25, 0.3) is 10.2 Å². The van der Waals surface area contributed by atoms with Gasteiger partial charge in [-0.3, -0.25) is 0 Å². The van der Waals surface area contributed by atoms with E-state index in [4.69, 9.17) is 10.5 Å². The highest BCUT2D eigenvalue weighted by Gasteiger charge is 2.06. The number of ether oxygens (including phenoxy) is 1. The molecule has 0 amide bonds. The maximum atomic E-state index is 5.52. The number of thiol groups is 1. The molecule has 0 radical (unpaired) electrons. The molecule has 2 rings (SSSR count). The fourth-order valence-electron chi connectivity index (χ4n) is 1.24. The van der Waals surface area contributed by atoms with Crippen molar-refractivity contribution in [3.05, 3.63) is 17.1 Å². The molecule has 0 bridgehead atoms. The Kier molecular flexibility index (Phi) is 2.62. The molecule has 5 heteroatoms. The van der Waals surface area contributed by atoms with Gasteiger partial charge in [-0.15, -0.1) is 24.0 Å². The number of benzene rings is 1. The van der Waals surface area contributed by atoms with E-state index in [9.17, 15) is 0 Å². The molecule has 0 atom stereocenters. The van der Waals surface area contributed by atoms with Crippen molar-refractivity contribution < 1.29 is 4.74 Å². The van der Waals surface area contributed by atoms with E-state index < -0.39 is 0 Å². The molecule has 0 saturated heterocycles. The number of methoxy groups -OCH3 is 1. The van der Waals surface area contributed by atoms with E-state index in [0.29, 0.717) is 6.54 Å². The van der Waals surface area contributed by atoms with Crippen molar-refractivity contribution in [1.82, 2.24) is 4.98 Å². The van der Waals surface area contributed by atoms with E-state index >= 15 is 0 Å². The summed E-state index contributed by atoms with van der Waals surface area (Å²) in [6, 6.07) is 3.83. The standard InChI is InChI=1S/C9H10N2OS2/c1-12-6-3-8-5(2-7(6)13)11-9(4-10)14-8/h2-3,13H,4,10H2,1H3. The minimum Gasteiger partial charge on any atom is -0.496 e. The van der Waals surface area contributed by atoms with Crippen LogP contribution in [0.3, 0.4) is 0 Å². The normalized spacial score (nSPS) is 10.8. The number of nitrogens with zero attached hydrogens (tertiary/aromatic N) is 1. The molecule has 0 aliphatic rings. The molecular weight excluding hydrogens is 216 g/mol. The zero-order chi connectivity index (χ0) is 10.1. The average molecular weight is 226 g/mol. The van der Waals surface area contributed by atoms with Crippen molar-refractivity contribution in [2.45, 2.75) is 11.4 Å². The summed E-state index contributed by atoms with van der Waals surface area (Å²) in [6.45, 7) is 0.476. The Labute approximate surface area is 91.3 Å². The quantitative estimate of drug-likeness (QED) is 0.770. The first kappa shape index (κ1) is 9.76. The first-order valence-corrected chi connectivity index (χ1v) is 5.37. The fourth-order valence-corrected chi connectivity index (χ4v) is 2.38. The van der Waals surface area contributed by atoms with Crippen LogP contribution < -0.4 is 10.5 Å². The van der Waals surface area contributed by atoms with Gasteiger partial charge in [0.25, 0.3) is 0 Å². The van der Waals surface area contributed by atoms with Gasteiger partial charge < -0.3 is 10.5 Å². The van der Waals surface area contributed by atoms with Crippen molar-refractivity contribution in [1.29, 1.82) is 0 Å². The molecule has 74 valence electrons. The molecule has 14 heavy (non-hydrogen) atoms. The Morgan fingerprint density at radius 3 is 3.00 bits per heavy atom. The Balaban J connectivity index is 2.64. The van der Waals surface area contributed by atoms with Crippen LogP contribution in [0.15, 0.2) is 17.0 Å². The summed E-state index contributed by atoms with van der Waals surface area (Å²) < 4.78 is 6.25. The van der Waals surface area contributed by atoms with Gasteiger partial charge in [0.15, 0.2) is 0 Å². The van der Waals surface area contributed by atoms with Gasteiger partial charge in [0.05, 0.1) is 17.3 Å². The summed E-state index contributed by atoms with van der Waals surface area (Å²) >= 11 is 5.89. The van der Waals surface area contributed by atoms with E-state index in [1.807, 2.05) is 12.1 Å². The second-order valence-electron chi connectivity index (χ2n) is 2.80. The number of fused-ring (bicyclic) bond motifs is 1. The third kappa shape index (κ3) is 1.58. The van der Waals surface area contributed by atoms with Crippen molar-refractivity contribution in [2.75, 3.05) is 7.11 Å². The topological polar surface area (TPSA) is 48.1 Å². The molecular formula is C9H10N2OS2. The number of rotatable bonds is 2. The summed E-state index contributed by atoms with van der Waals surface area (Å²) in [5, 5.41) is 0.931. The lowest BCUT2D eigenvalue weighted by molar-refractivity contribution is 0.406. The summed E-state index contributed by atoms with van der Waals surface area (Å²) in [5.41, 5.74) is 6.45. The van der Waals surface area contributed by atoms with Gasteiger partial charge in [-0.1, -0.05) is 0 Å². The van der Waals surface area contributed by atoms with Gasteiger partial charge in [-0.25, -0.2) is 4.98 Å². The summed E-state index contributed by atoms with van der Waals surface area (Å²) in [4.78, 5) is 5.16. The van der Waals surface area contributed by atoms with Crippen LogP contribution in [0.5, 0.6) is 5.75 Å². The minimum atomic E-state index is 0.476. The van der Waals surface area contributed by atoms with E-state index in [2.05, 4.69) is 17.6 Å².